The number of anilines is 2. The number of hydrogen-bond acceptors (Lipinski definition) is 9. The van der Waals surface area contributed by atoms with E-state index in [0.717, 1.165) is 36.7 Å². The molecule has 0 aromatic heterocycles. The number of hydrogen-bond donors (Lipinski definition) is 4. The minimum absolute atomic E-state index is 0.0910. The lowest BCUT2D eigenvalue weighted by molar-refractivity contribution is -0.137. The summed E-state index contributed by atoms with van der Waals surface area (Å²) in [4.78, 5) is 17.8. The van der Waals surface area contributed by atoms with Crippen molar-refractivity contribution >= 4 is 35.1 Å². The number of fused-ring (bicyclic) bond motifs is 2. The number of nitrogens with zero attached hydrogens (tertiary/aromatic N) is 4. The number of allylic oxidation sites excluding steroid dienone is 1. The molecular formula is C28H34ClF3N8O2. The Labute approximate surface area is 247 Å². The van der Waals surface area contributed by atoms with E-state index in [2.05, 4.69) is 39.3 Å². The molecule has 4 rings (SSSR count). The number of likely N-dealkylation sites (N-methyl/N-ethyl adjacent to an activating group) is 1. The molecule has 2 unspecified atom stereocenters. The molecule has 2 aliphatic heterocycles. The number of piperazine rings is 1. The number of alkyl halides is 3. The summed E-state index contributed by atoms with van der Waals surface area (Å²) in [5.41, 5.74) is 8.80. The quantitative estimate of drug-likeness (QED) is 0.140. The fourth-order valence-corrected chi connectivity index (χ4v) is 5.45. The zero-order chi connectivity index (χ0) is 30.8. The molecule has 2 heterocycles. The maximum atomic E-state index is 13.9. The number of carbonyl (C=O) groups excluding carboxylic acids is 1. The molecule has 6 N–H and O–H groups in total. The number of amides is 1. The molecule has 2 aromatic rings. The molecule has 2 bridgehead atoms. The highest BCUT2D eigenvalue weighted by atomic mass is 35.5. The number of halogens is 4. The Morgan fingerprint density at radius 1 is 1.29 bits per heavy atom. The minimum atomic E-state index is -4.63. The number of nitrogens with one attached hydrogen (secondary N) is 2. The Balaban J connectivity index is 1.62. The van der Waals surface area contributed by atoms with E-state index >= 15 is 0 Å². The van der Waals surface area contributed by atoms with Gasteiger partial charge in [0, 0.05) is 61.7 Å². The molecule has 10 nitrogen and oxygen atoms in total. The van der Waals surface area contributed by atoms with Crippen molar-refractivity contribution in [1.29, 1.82) is 0 Å². The second-order valence-electron chi connectivity index (χ2n) is 10.2. The van der Waals surface area contributed by atoms with Gasteiger partial charge in [-0.15, -0.1) is 0 Å². The summed E-state index contributed by atoms with van der Waals surface area (Å²) in [5, 5.41) is 7.74. The van der Waals surface area contributed by atoms with Gasteiger partial charge in [0.25, 0.3) is 5.91 Å². The average Bonchev–Trinajstić information content (AvgIpc) is 3.50. The van der Waals surface area contributed by atoms with Gasteiger partial charge in [-0.25, -0.2) is 5.84 Å². The van der Waals surface area contributed by atoms with Crippen LogP contribution in [-0.4, -0.2) is 68.3 Å². The van der Waals surface area contributed by atoms with Gasteiger partial charge in [-0.3, -0.25) is 14.7 Å². The number of methoxy groups -OCH3 is 1. The van der Waals surface area contributed by atoms with Crippen LogP contribution >= 0.6 is 11.6 Å². The second kappa shape index (κ2) is 12.6. The number of rotatable bonds is 10. The maximum Gasteiger partial charge on any atom is 0.416 e. The molecular weight excluding hydrogens is 573 g/mol. The van der Waals surface area contributed by atoms with Crippen LogP contribution in [0.3, 0.4) is 0 Å². The molecule has 0 aliphatic carbocycles. The number of benzene rings is 2. The summed E-state index contributed by atoms with van der Waals surface area (Å²) < 4.78 is 47.4. The van der Waals surface area contributed by atoms with Gasteiger partial charge in [-0.1, -0.05) is 18.2 Å². The van der Waals surface area contributed by atoms with Crippen molar-refractivity contribution in [2.24, 2.45) is 16.7 Å². The molecule has 2 atom stereocenters. The predicted molar refractivity (Wildman–Crippen MR) is 158 cm³/mol. The number of carbonyl (C=O) groups is 1. The van der Waals surface area contributed by atoms with Crippen molar-refractivity contribution in [3.63, 3.8) is 0 Å². The van der Waals surface area contributed by atoms with E-state index in [-0.39, 0.29) is 46.0 Å². The Hall–Kier alpha value is -3.78. The summed E-state index contributed by atoms with van der Waals surface area (Å²) in [6, 6.07) is 6.85. The van der Waals surface area contributed by atoms with Crippen molar-refractivity contribution in [3.8, 4) is 5.75 Å². The highest BCUT2D eigenvalue weighted by Crippen LogP contribution is 2.40. The van der Waals surface area contributed by atoms with E-state index in [1.807, 2.05) is 0 Å². The molecule has 0 radical (unpaired) electrons. The Morgan fingerprint density at radius 2 is 2.02 bits per heavy atom. The first-order chi connectivity index (χ1) is 19.8. The molecule has 1 amide bonds. The number of hydrazine groups is 1. The van der Waals surface area contributed by atoms with Crippen molar-refractivity contribution in [2.75, 3.05) is 44.6 Å². The lowest BCUT2D eigenvalue weighted by Gasteiger charge is -2.32. The third-order valence-electron chi connectivity index (χ3n) is 7.43. The Morgan fingerprint density at radius 3 is 2.62 bits per heavy atom. The second-order valence-corrected chi connectivity index (χ2v) is 10.7. The van der Waals surface area contributed by atoms with E-state index in [1.54, 1.807) is 7.05 Å². The highest BCUT2D eigenvalue weighted by molar-refractivity contribution is 6.33. The van der Waals surface area contributed by atoms with E-state index in [4.69, 9.17) is 27.9 Å². The molecule has 226 valence electrons. The van der Waals surface area contributed by atoms with Gasteiger partial charge in [-0.2, -0.15) is 18.3 Å². The third kappa shape index (κ3) is 6.81. The van der Waals surface area contributed by atoms with E-state index < -0.39 is 17.6 Å². The molecule has 2 saturated heterocycles. The van der Waals surface area contributed by atoms with Crippen LogP contribution in [0.25, 0.3) is 0 Å². The van der Waals surface area contributed by atoms with Crippen LogP contribution in [0.2, 0.25) is 5.02 Å². The van der Waals surface area contributed by atoms with Crippen LogP contribution in [0, 0.1) is 0 Å². The Bertz CT molecular complexity index is 1410. The first-order valence-electron chi connectivity index (χ1n) is 13.1. The van der Waals surface area contributed by atoms with Crippen LogP contribution in [0.1, 0.15) is 27.9 Å². The van der Waals surface area contributed by atoms with Crippen LogP contribution < -0.4 is 32.1 Å². The SMILES string of the molecule is C=C(/C=N\NC)/C(N)=C/N(N)c1cc(C(=O)Nc2cc(C(F)(F)F)cc(CN3CC4CC3CN4C)c2OC)ccc1Cl. The maximum absolute atomic E-state index is 13.9. The number of nitrogens with two attached hydrogens (primary N) is 2. The molecule has 0 saturated carbocycles. The average molecular weight is 607 g/mol. The topological polar surface area (TPSA) is 124 Å². The van der Waals surface area contributed by atoms with Gasteiger partial charge >= 0.3 is 6.18 Å². The lowest BCUT2D eigenvalue weighted by Crippen LogP contribution is -2.44. The van der Waals surface area contributed by atoms with Crippen LogP contribution in [0.4, 0.5) is 24.5 Å². The van der Waals surface area contributed by atoms with Crippen LogP contribution in [-0.2, 0) is 12.7 Å². The summed E-state index contributed by atoms with van der Waals surface area (Å²) in [7, 11) is 5.03. The third-order valence-corrected chi connectivity index (χ3v) is 7.75. The normalized spacial score (nSPS) is 19.4. The van der Waals surface area contributed by atoms with Crippen LogP contribution in [0.15, 0.2) is 59.5 Å². The molecule has 2 aliphatic rings. The van der Waals surface area contributed by atoms with Gasteiger partial charge in [0.1, 0.15) is 5.75 Å². The van der Waals surface area contributed by atoms with Gasteiger partial charge in [0.05, 0.1) is 41.0 Å². The molecule has 14 heteroatoms. The summed E-state index contributed by atoms with van der Waals surface area (Å²) in [5.74, 6) is 5.62. The lowest BCUT2D eigenvalue weighted by atomic mass is 10.0. The van der Waals surface area contributed by atoms with E-state index in [9.17, 15) is 18.0 Å². The van der Waals surface area contributed by atoms with Crippen molar-refractivity contribution in [2.45, 2.75) is 31.2 Å². The number of likely N-dealkylation sites (tertiary alicyclic amines) is 2. The van der Waals surface area contributed by atoms with Crippen molar-refractivity contribution in [3.05, 3.63) is 76.1 Å². The molecule has 2 aromatic carbocycles. The fraction of sp³-hybridized carbons (Fsp3) is 0.357. The molecule has 2 fully saturated rings. The summed E-state index contributed by atoms with van der Waals surface area (Å²) in [6.45, 7) is 5.65. The van der Waals surface area contributed by atoms with Crippen LogP contribution in [0.5, 0.6) is 5.75 Å². The van der Waals surface area contributed by atoms with E-state index in [0.29, 0.717) is 17.2 Å². The largest absolute Gasteiger partial charge is 0.494 e. The van der Waals surface area contributed by atoms with Gasteiger partial charge < -0.3 is 26.1 Å². The van der Waals surface area contributed by atoms with Gasteiger partial charge in [-0.05, 0) is 43.8 Å². The summed E-state index contributed by atoms with van der Waals surface area (Å²) in [6.07, 6.45) is -0.921. The fourth-order valence-electron chi connectivity index (χ4n) is 5.23. The molecule has 42 heavy (non-hydrogen) atoms. The number of hydrazone groups is 1. The zero-order valence-electron chi connectivity index (χ0n) is 23.5. The van der Waals surface area contributed by atoms with Gasteiger partial charge in [0.15, 0.2) is 0 Å². The predicted octanol–water partition coefficient (Wildman–Crippen LogP) is 3.75. The standard InChI is InChI=1S/C28H34ClF3N8O2/c1-16(11-36-35-2)23(33)15-40(34)25-8-17(5-6-22(25)29)27(41)37-24-9-19(28(30,31)32)7-18(26(24)42-4)12-39-14-20-10-21(39)13-38(20)3/h5-9,11,15,20-21,35H,1,10,12-14,33-34H2,2-4H3,(H,37,41)/b23-15-,36-11-. The number of ether oxygens (including phenoxy) is 1. The van der Waals surface area contributed by atoms with Gasteiger partial charge in [0.2, 0.25) is 0 Å². The highest BCUT2D eigenvalue weighted by Gasteiger charge is 2.42. The monoisotopic (exact) mass is 606 g/mol. The Kier molecular flexibility index (Phi) is 9.36. The molecule has 0 spiro atoms. The zero-order valence-corrected chi connectivity index (χ0v) is 24.3. The van der Waals surface area contributed by atoms with Crippen molar-refractivity contribution < 1.29 is 22.7 Å². The smallest absolute Gasteiger partial charge is 0.416 e. The minimum Gasteiger partial charge on any atom is -0.494 e. The first-order valence-corrected chi connectivity index (χ1v) is 13.4. The first kappa shape index (κ1) is 31.2. The van der Waals surface area contributed by atoms with Crippen molar-refractivity contribution in [1.82, 2.24) is 15.2 Å². The summed E-state index contributed by atoms with van der Waals surface area (Å²) >= 11 is 6.32. The van der Waals surface area contributed by atoms with E-state index in [1.165, 1.54) is 37.7 Å².